The number of nitrogens with zero attached hydrogens (tertiary/aromatic N) is 10. The average Bonchev–Trinajstić information content (AvgIpc) is 3.90. The first-order chi connectivity index (χ1) is 27.7. The maximum Gasteiger partial charge on any atom is 0.173 e. The van der Waals surface area contributed by atoms with Gasteiger partial charge >= 0.3 is 0 Å². The summed E-state index contributed by atoms with van der Waals surface area (Å²) in [6.07, 6.45) is 0.255. The summed E-state index contributed by atoms with van der Waals surface area (Å²) in [6, 6.07) is 28.7. The van der Waals surface area contributed by atoms with E-state index in [-0.39, 0.29) is 30.1 Å². The van der Waals surface area contributed by atoms with Crippen molar-refractivity contribution in [3.05, 3.63) is 131 Å². The maximum absolute atomic E-state index is 14.2. The molecule has 6 aromatic rings. The van der Waals surface area contributed by atoms with Crippen molar-refractivity contribution < 1.29 is 23.3 Å². The number of hydrogen-bond acceptors (Lipinski definition) is 12. The standard InChI is InChI=1S/C22H27N5O3.C20H22FN5O/c1-15(2)30-18-7-5-16(6-8-18)21-22-23-24-25-27(22)12-11-26(21)14-17-13-19(28-3)9-10-20(17)29-4;1-14(2)27-17-9-7-15(8-10-17)19-20-22-23-24-26(20)12-11-25(19)13-16-5-3-4-6-18(16)21/h5-10,13,15,21H,11-12,14H2,1-4H3;3-10,14,19H,11-13H2,1-2H3. The van der Waals surface area contributed by atoms with Gasteiger partial charge in [-0.05, 0) is 108 Å². The Morgan fingerprint density at radius 3 is 1.56 bits per heavy atom. The van der Waals surface area contributed by atoms with Crippen molar-refractivity contribution in [3.63, 3.8) is 0 Å². The zero-order valence-corrected chi connectivity index (χ0v) is 33.2. The highest BCUT2D eigenvalue weighted by Gasteiger charge is 2.34. The largest absolute Gasteiger partial charge is 0.497 e. The van der Waals surface area contributed by atoms with E-state index in [1.165, 1.54) is 6.07 Å². The number of aromatic nitrogens is 8. The molecule has 2 aliphatic heterocycles. The lowest BCUT2D eigenvalue weighted by Gasteiger charge is -2.35. The predicted molar refractivity (Wildman–Crippen MR) is 210 cm³/mol. The average molecular weight is 777 g/mol. The molecule has 0 saturated carbocycles. The monoisotopic (exact) mass is 776 g/mol. The van der Waals surface area contributed by atoms with Gasteiger partial charge in [-0.2, -0.15) is 0 Å². The molecule has 0 fully saturated rings. The van der Waals surface area contributed by atoms with Crippen molar-refractivity contribution in [1.82, 2.24) is 50.2 Å². The molecule has 8 rings (SSSR count). The molecule has 4 heterocycles. The number of rotatable bonds is 12. The molecule has 2 aliphatic rings. The summed E-state index contributed by atoms with van der Waals surface area (Å²) in [4.78, 5) is 4.57. The Kier molecular flexibility index (Phi) is 12.3. The van der Waals surface area contributed by atoms with Crippen molar-refractivity contribution >= 4 is 0 Å². The molecule has 298 valence electrons. The molecule has 0 aliphatic carbocycles. The van der Waals surface area contributed by atoms with E-state index in [0.29, 0.717) is 25.2 Å². The van der Waals surface area contributed by atoms with Crippen LogP contribution in [-0.2, 0) is 26.2 Å². The highest BCUT2D eigenvalue weighted by Crippen LogP contribution is 2.35. The Morgan fingerprint density at radius 2 is 1.09 bits per heavy atom. The van der Waals surface area contributed by atoms with Crippen LogP contribution in [0.15, 0.2) is 91.0 Å². The third kappa shape index (κ3) is 9.21. The molecular weight excluding hydrogens is 728 g/mol. The number of benzene rings is 4. The lowest BCUT2D eigenvalue weighted by Crippen LogP contribution is -2.39. The predicted octanol–water partition coefficient (Wildman–Crippen LogP) is 6.29. The summed E-state index contributed by atoms with van der Waals surface area (Å²) >= 11 is 0. The van der Waals surface area contributed by atoms with Gasteiger partial charge in [0.25, 0.3) is 0 Å². The fraction of sp³-hybridized carbons (Fsp3) is 0.381. The van der Waals surface area contributed by atoms with E-state index in [1.54, 1.807) is 20.3 Å². The van der Waals surface area contributed by atoms with E-state index in [1.807, 2.05) is 104 Å². The molecule has 15 heteroatoms. The van der Waals surface area contributed by atoms with E-state index in [4.69, 9.17) is 18.9 Å². The van der Waals surface area contributed by atoms with Gasteiger partial charge in [0.1, 0.15) is 28.8 Å². The van der Waals surface area contributed by atoms with Crippen LogP contribution in [0.2, 0.25) is 0 Å². The van der Waals surface area contributed by atoms with Crippen molar-refractivity contribution in [3.8, 4) is 23.0 Å². The van der Waals surface area contributed by atoms with Crippen molar-refractivity contribution in [1.29, 1.82) is 0 Å². The molecule has 0 spiro atoms. The van der Waals surface area contributed by atoms with Crippen molar-refractivity contribution in [2.45, 2.75) is 78.2 Å². The van der Waals surface area contributed by atoms with Gasteiger partial charge in [-0.15, -0.1) is 10.2 Å². The molecule has 0 bridgehead atoms. The molecule has 0 amide bonds. The SMILES string of the molecule is CC(C)Oc1ccc(C2c3nnnn3CCN2Cc2ccccc2F)cc1.COc1ccc(OC)c(CN2CCn3nnnc3C2c2ccc(OC(C)C)cc2)c1. The Bertz CT molecular complexity index is 2210. The zero-order valence-electron chi connectivity index (χ0n) is 33.2. The summed E-state index contributed by atoms with van der Waals surface area (Å²) < 4.78 is 40.4. The Balaban J connectivity index is 0.000000175. The molecular formula is C42H49FN10O4. The van der Waals surface area contributed by atoms with Crippen LogP contribution in [0.3, 0.4) is 0 Å². The zero-order chi connectivity index (χ0) is 39.9. The van der Waals surface area contributed by atoms with Crippen LogP contribution in [0, 0.1) is 5.82 Å². The van der Waals surface area contributed by atoms with Gasteiger partial charge in [0.05, 0.1) is 51.6 Å². The molecule has 2 unspecified atom stereocenters. The second kappa shape index (κ2) is 17.9. The van der Waals surface area contributed by atoms with E-state index in [9.17, 15) is 4.39 Å². The highest BCUT2D eigenvalue weighted by atomic mass is 19.1. The van der Waals surface area contributed by atoms with Gasteiger partial charge in [-0.1, -0.05) is 42.5 Å². The highest BCUT2D eigenvalue weighted by molar-refractivity contribution is 5.41. The minimum Gasteiger partial charge on any atom is -0.497 e. The van der Waals surface area contributed by atoms with Crippen LogP contribution < -0.4 is 18.9 Å². The molecule has 0 N–H and O–H groups in total. The van der Waals surface area contributed by atoms with Crippen LogP contribution in [0.1, 0.15) is 73.7 Å². The Morgan fingerprint density at radius 1 is 0.596 bits per heavy atom. The van der Waals surface area contributed by atoms with Gasteiger partial charge < -0.3 is 18.9 Å². The van der Waals surface area contributed by atoms with Gasteiger partial charge in [0, 0.05) is 37.3 Å². The Hall–Kier alpha value is -5.93. The third-order valence-electron chi connectivity index (χ3n) is 9.86. The summed E-state index contributed by atoms with van der Waals surface area (Å²) in [5.41, 5.74) is 3.90. The first-order valence-electron chi connectivity index (χ1n) is 19.2. The van der Waals surface area contributed by atoms with Gasteiger partial charge in [0.15, 0.2) is 11.6 Å². The maximum atomic E-state index is 14.2. The quantitative estimate of drug-likeness (QED) is 0.139. The van der Waals surface area contributed by atoms with Crippen molar-refractivity contribution in [2.24, 2.45) is 0 Å². The van der Waals surface area contributed by atoms with Crippen LogP contribution in [0.5, 0.6) is 23.0 Å². The van der Waals surface area contributed by atoms with Crippen LogP contribution in [0.25, 0.3) is 0 Å². The van der Waals surface area contributed by atoms with E-state index in [2.05, 4.69) is 53.0 Å². The molecule has 0 radical (unpaired) electrons. The molecule has 4 aromatic carbocycles. The molecule has 2 atom stereocenters. The van der Waals surface area contributed by atoms with E-state index >= 15 is 0 Å². The number of methoxy groups -OCH3 is 2. The molecule has 57 heavy (non-hydrogen) atoms. The minimum atomic E-state index is -0.193. The lowest BCUT2D eigenvalue weighted by atomic mass is 10.0. The Labute approximate surface area is 332 Å². The van der Waals surface area contributed by atoms with Gasteiger partial charge in [-0.3, -0.25) is 9.80 Å². The van der Waals surface area contributed by atoms with Gasteiger partial charge in [-0.25, -0.2) is 13.8 Å². The smallest absolute Gasteiger partial charge is 0.173 e. The number of ether oxygens (including phenoxy) is 4. The van der Waals surface area contributed by atoms with E-state index < -0.39 is 0 Å². The lowest BCUT2D eigenvalue weighted by molar-refractivity contribution is 0.162. The summed E-state index contributed by atoms with van der Waals surface area (Å²) in [5, 5.41) is 24.5. The van der Waals surface area contributed by atoms with Crippen LogP contribution in [0.4, 0.5) is 4.39 Å². The molecule has 14 nitrogen and oxygen atoms in total. The first kappa shape index (κ1) is 39.3. The number of hydrogen-bond donors (Lipinski definition) is 0. The third-order valence-corrected chi connectivity index (χ3v) is 9.86. The normalized spacial score (nSPS) is 16.7. The van der Waals surface area contributed by atoms with Crippen molar-refractivity contribution in [2.75, 3.05) is 27.3 Å². The van der Waals surface area contributed by atoms with Gasteiger partial charge in [0.2, 0.25) is 0 Å². The second-order valence-electron chi connectivity index (χ2n) is 14.5. The first-order valence-corrected chi connectivity index (χ1v) is 19.2. The topological polar surface area (TPSA) is 131 Å². The number of tetrazole rings is 2. The van der Waals surface area contributed by atoms with Crippen LogP contribution >= 0.6 is 0 Å². The number of fused-ring (bicyclic) bond motifs is 2. The fourth-order valence-electron chi connectivity index (χ4n) is 7.30. The number of halogens is 1. The van der Waals surface area contributed by atoms with Crippen LogP contribution in [-0.4, -0.2) is 89.7 Å². The summed E-state index contributed by atoms with van der Waals surface area (Å²) in [5.74, 6) is 4.73. The summed E-state index contributed by atoms with van der Waals surface area (Å²) in [7, 11) is 3.36. The molecule has 2 aromatic heterocycles. The second-order valence-corrected chi connectivity index (χ2v) is 14.5. The summed E-state index contributed by atoms with van der Waals surface area (Å²) in [6.45, 7) is 12.2. The minimum absolute atomic E-state index is 0.0715. The fourth-order valence-corrected chi connectivity index (χ4v) is 7.30. The van der Waals surface area contributed by atoms with E-state index in [0.717, 1.165) is 71.0 Å². The molecule has 0 saturated heterocycles.